The summed E-state index contributed by atoms with van der Waals surface area (Å²) in [4.78, 5) is 11.9. The zero-order valence-electron chi connectivity index (χ0n) is 15.6. The molecule has 1 atom stereocenters. The third-order valence-corrected chi connectivity index (χ3v) is 5.23. The predicted molar refractivity (Wildman–Crippen MR) is 111 cm³/mol. The second-order valence-corrected chi connectivity index (χ2v) is 6.87. The van der Waals surface area contributed by atoms with Crippen LogP contribution in [0, 0.1) is 0 Å². The van der Waals surface area contributed by atoms with Crippen LogP contribution in [0.3, 0.4) is 0 Å². The lowest BCUT2D eigenvalue weighted by molar-refractivity contribution is -0.141. The molecule has 28 heavy (non-hydrogen) atoms. The molecular weight excluding hydrogens is 352 g/mol. The minimum Gasteiger partial charge on any atom is -0.507 e. The van der Waals surface area contributed by atoms with Gasteiger partial charge in [-0.2, -0.15) is 0 Å². The van der Waals surface area contributed by atoms with Crippen molar-refractivity contribution in [2.75, 3.05) is 7.11 Å². The number of phenols is 2. The Hall–Kier alpha value is -3.53. The van der Waals surface area contributed by atoms with E-state index in [-0.39, 0.29) is 17.5 Å². The highest BCUT2D eigenvalue weighted by molar-refractivity contribution is 6.09. The topological polar surface area (TPSA) is 66.8 Å². The van der Waals surface area contributed by atoms with Gasteiger partial charge in [0.2, 0.25) is 0 Å². The van der Waals surface area contributed by atoms with Crippen molar-refractivity contribution in [3.8, 4) is 22.6 Å². The number of esters is 1. The molecule has 0 unspecified atom stereocenters. The van der Waals surface area contributed by atoms with E-state index in [0.29, 0.717) is 11.1 Å². The molecule has 0 fully saturated rings. The van der Waals surface area contributed by atoms with E-state index in [1.165, 1.54) is 7.11 Å². The highest BCUT2D eigenvalue weighted by Gasteiger charge is 2.19. The first-order valence-electron chi connectivity index (χ1n) is 9.06. The van der Waals surface area contributed by atoms with E-state index in [1.807, 2.05) is 54.6 Å². The van der Waals surface area contributed by atoms with Crippen molar-refractivity contribution in [3.63, 3.8) is 0 Å². The van der Waals surface area contributed by atoms with Crippen molar-refractivity contribution >= 4 is 27.5 Å². The molecule has 2 N–H and O–H groups in total. The summed E-state index contributed by atoms with van der Waals surface area (Å²) in [6.07, 6.45) is 0. The number of carbonyl (C=O) groups is 1. The van der Waals surface area contributed by atoms with Crippen LogP contribution in [0.5, 0.6) is 11.5 Å². The third kappa shape index (κ3) is 2.83. The molecule has 0 saturated carbocycles. The first-order valence-corrected chi connectivity index (χ1v) is 9.06. The van der Waals surface area contributed by atoms with Gasteiger partial charge in [-0.3, -0.25) is 4.79 Å². The summed E-state index contributed by atoms with van der Waals surface area (Å²) < 4.78 is 4.84. The number of ether oxygens (including phenoxy) is 1. The monoisotopic (exact) mass is 372 g/mol. The maximum Gasteiger partial charge on any atom is 0.312 e. The molecule has 4 aromatic rings. The Morgan fingerprint density at radius 1 is 0.821 bits per heavy atom. The summed E-state index contributed by atoms with van der Waals surface area (Å²) in [5.74, 6) is -0.496. The molecule has 0 bridgehead atoms. The van der Waals surface area contributed by atoms with E-state index in [1.54, 1.807) is 19.1 Å². The summed E-state index contributed by atoms with van der Waals surface area (Å²) in [5.41, 5.74) is 2.00. The largest absolute Gasteiger partial charge is 0.507 e. The van der Waals surface area contributed by atoms with Crippen LogP contribution in [0.2, 0.25) is 0 Å². The van der Waals surface area contributed by atoms with E-state index in [2.05, 4.69) is 0 Å². The van der Waals surface area contributed by atoms with Gasteiger partial charge < -0.3 is 14.9 Å². The number of benzene rings is 4. The number of phenolic OH excluding ortho intramolecular Hbond substituents is 2. The Morgan fingerprint density at radius 2 is 1.43 bits per heavy atom. The van der Waals surface area contributed by atoms with Crippen LogP contribution in [0.15, 0.2) is 66.7 Å². The number of methoxy groups -OCH3 is 1. The van der Waals surface area contributed by atoms with Crippen molar-refractivity contribution in [1.82, 2.24) is 0 Å². The van der Waals surface area contributed by atoms with Crippen molar-refractivity contribution < 1.29 is 19.7 Å². The standard InChI is InChI=1S/C24H20O4/c1-14(24(27)28-2)16-7-10-19-17(13-16)9-12-21(26)23(19)22-18-6-4-3-5-15(18)8-11-20(22)25/h3-14,25-26H,1-2H3/t14-/m0/s1. The molecular formula is C24H20O4. The van der Waals surface area contributed by atoms with E-state index in [9.17, 15) is 15.0 Å². The maximum absolute atomic E-state index is 11.9. The third-order valence-electron chi connectivity index (χ3n) is 5.23. The number of fused-ring (bicyclic) bond motifs is 2. The average Bonchev–Trinajstić information content (AvgIpc) is 2.73. The van der Waals surface area contributed by atoms with Gasteiger partial charge in [0.25, 0.3) is 0 Å². The van der Waals surface area contributed by atoms with Crippen LogP contribution in [-0.2, 0) is 9.53 Å². The number of aromatic hydroxyl groups is 2. The van der Waals surface area contributed by atoms with Crippen LogP contribution < -0.4 is 0 Å². The van der Waals surface area contributed by atoms with Gasteiger partial charge in [0.15, 0.2) is 0 Å². The van der Waals surface area contributed by atoms with Gasteiger partial charge in [-0.25, -0.2) is 0 Å². The molecule has 140 valence electrons. The van der Waals surface area contributed by atoms with Gasteiger partial charge in [-0.1, -0.05) is 54.6 Å². The Balaban J connectivity index is 2.00. The lowest BCUT2D eigenvalue weighted by Gasteiger charge is -2.16. The molecule has 0 radical (unpaired) electrons. The van der Waals surface area contributed by atoms with Crippen LogP contribution in [0.25, 0.3) is 32.7 Å². The summed E-state index contributed by atoms with van der Waals surface area (Å²) >= 11 is 0. The summed E-state index contributed by atoms with van der Waals surface area (Å²) in [6, 6.07) is 20.3. The average molecular weight is 372 g/mol. The van der Waals surface area contributed by atoms with Crippen molar-refractivity contribution in [2.45, 2.75) is 12.8 Å². The van der Waals surface area contributed by atoms with E-state index >= 15 is 0 Å². The fourth-order valence-electron chi connectivity index (χ4n) is 3.70. The summed E-state index contributed by atoms with van der Waals surface area (Å²) in [6.45, 7) is 1.80. The molecule has 0 aliphatic carbocycles. The Morgan fingerprint density at radius 3 is 2.11 bits per heavy atom. The molecule has 0 saturated heterocycles. The summed E-state index contributed by atoms with van der Waals surface area (Å²) in [7, 11) is 1.37. The molecule has 4 aromatic carbocycles. The first-order chi connectivity index (χ1) is 13.5. The van der Waals surface area contributed by atoms with Gasteiger partial charge in [0.1, 0.15) is 11.5 Å². The predicted octanol–water partition coefficient (Wildman–Crippen LogP) is 5.35. The van der Waals surface area contributed by atoms with E-state index < -0.39 is 5.92 Å². The second-order valence-electron chi connectivity index (χ2n) is 6.87. The minimum atomic E-state index is -0.391. The minimum absolute atomic E-state index is 0.0907. The normalized spacial score (nSPS) is 12.2. The summed E-state index contributed by atoms with van der Waals surface area (Å²) in [5, 5.41) is 24.8. The smallest absolute Gasteiger partial charge is 0.312 e. The maximum atomic E-state index is 11.9. The Kier molecular flexibility index (Phi) is 4.40. The molecule has 0 aliphatic rings. The van der Waals surface area contributed by atoms with Crippen molar-refractivity contribution in [2.24, 2.45) is 0 Å². The SMILES string of the molecule is COC(=O)[C@@H](C)c1ccc2c(-c3c(O)ccc4ccccc34)c(O)ccc2c1. The number of hydrogen-bond acceptors (Lipinski definition) is 4. The van der Waals surface area contributed by atoms with Gasteiger partial charge in [0.05, 0.1) is 13.0 Å². The van der Waals surface area contributed by atoms with Crippen LogP contribution in [0.4, 0.5) is 0 Å². The molecule has 4 nitrogen and oxygen atoms in total. The highest BCUT2D eigenvalue weighted by Crippen LogP contribution is 2.44. The molecule has 4 heteroatoms. The lowest BCUT2D eigenvalue weighted by atomic mass is 9.90. The highest BCUT2D eigenvalue weighted by atomic mass is 16.5. The van der Waals surface area contributed by atoms with Crippen LogP contribution in [-0.4, -0.2) is 23.3 Å². The molecule has 0 amide bonds. The van der Waals surface area contributed by atoms with E-state index in [0.717, 1.165) is 27.1 Å². The zero-order chi connectivity index (χ0) is 19.8. The zero-order valence-corrected chi connectivity index (χ0v) is 15.6. The molecule has 4 rings (SSSR count). The molecule has 0 aliphatic heterocycles. The van der Waals surface area contributed by atoms with Crippen LogP contribution in [0.1, 0.15) is 18.4 Å². The molecule has 0 aromatic heterocycles. The first kappa shape index (κ1) is 17.9. The number of carbonyl (C=O) groups excluding carboxylic acids is 1. The quantitative estimate of drug-likeness (QED) is 0.476. The van der Waals surface area contributed by atoms with Gasteiger partial charge in [-0.15, -0.1) is 0 Å². The van der Waals surface area contributed by atoms with Gasteiger partial charge >= 0.3 is 5.97 Å². The van der Waals surface area contributed by atoms with Crippen molar-refractivity contribution in [1.29, 1.82) is 0 Å². The fraction of sp³-hybridized carbons (Fsp3) is 0.125. The fourth-order valence-corrected chi connectivity index (χ4v) is 3.70. The number of rotatable bonds is 3. The second kappa shape index (κ2) is 6.89. The van der Waals surface area contributed by atoms with Crippen LogP contribution >= 0.6 is 0 Å². The van der Waals surface area contributed by atoms with Gasteiger partial charge in [-0.05, 0) is 46.2 Å². The lowest BCUT2D eigenvalue weighted by Crippen LogP contribution is -2.10. The van der Waals surface area contributed by atoms with E-state index in [4.69, 9.17) is 4.74 Å². The number of hydrogen-bond donors (Lipinski definition) is 2. The van der Waals surface area contributed by atoms with Gasteiger partial charge in [0, 0.05) is 11.1 Å². The molecule has 0 heterocycles. The van der Waals surface area contributed by atoms with Crippen molar-refractivity contribution in [3.05, 3.63) is 72.3 Å². The molecule has 0 spiro atoms. The Labute approximate surface area is 162 Å². The Bertz CT molecular complexity index is 1210.